The number of amides is 2. The van der Waals surface area contributed by atoms with E-state index in [0.29, 0.717) is 51.0 Å². The minimum absolute atomic E-state index is 0.0612. The molecule has 1 aliphatic rings. The van der Waals surface area contributed by atoms with Gasteiger partial charge in [0.05, 0.1) is 0 Å². The fourth-order valence-corrected chi connectivity index (χ4v) is 2.68. The minimum Gasteiger partial charge on any atom is -0.342 e. The van der Waals surface area contributed by atoms with Gasteiger partial charge >= 0.3 is 0 Å². The van der Waals surface area contributed by atoms with E-state index in [1.807, 2.05) is 12.1 Å². The first-order chi connectivity index (χ1) is 10.6. The van der Waals surface area contributed by atoms with Gasteiger partial charge in [-0.25, -0.2) is 0 Å². The molecule has 0 aromatic heterocycles. The van der Waals surface area contributed by atoms with Crippen molar-refractivity contribution in [2.75, 3.05) is 26.2 Å². The quantitative estimate of drug-likeness (QED) is 0.572. The molecule has 1 aromatic carbocycles. The van der Waals surface area contributed by atoms with E-state index >= 15 is 0 Å². The molecule has 5 nitrogen and oxygen atoms in total. The monoisotopic (exact) mass is 366 g/mol. The van der Waals surface area contributed by atoms with Crippen LogP contribution in [0, 0.1) is 0 Å². The number of carbonyl (C=O) groups is 3. The maximum Gasteiger partial charge on any atom is 0.222 e. The van der Waals surface area contributed by atoms with Crippen LogP contribution in [0.15, 0.2) is 28.7 Å². The lowest BCUT2D eigenvalue weighted by Crippen LogP contribution is -2.48. The molecular weight excluding hydrogens is 348 g/mol. The third kappa shape index (κ3) is 4.66. The highest BCUT2D eigenvalue weighted by molar-refractivity contribution is 9.10. The summed E-state index contributed by atoms with van der Waals surface area (Å²) in [4.78, 5) is 38.1. The third-order valence-electron chi connectivity index (χ3n) is 3.78. The number of nitrogens with zero attached hydrogens (tertiary/aromatic N) is 2. The maximum absolute atomic E-state index is 12.1. The van der Waals surface area contributed by atoms with Crippen molar-refractivity contribution in [2.24, 2.45) is 0 Å². The van der Waals surface area contributed by atoms with Crippen LogP contribution in [0.5, 0.6) is 0 Å². The van der Waals surface area contributed by atoms with Gasteiger partial charge in [-0.1, -0.05) is 28.1 Å². The first-order valence-corrected chi connectivity index (χ1v) is 8.15. The number of piperazine rings is 1. The Hall–Kier alpha value is -1.69. The first-order valence-electron chi connectivity index (χ1n) is 7.36. The molecule has 1 aliphatic heterocycles. The van der Waals surface area contributed by atoms with Crippen LogP contribution in [0.25, 0.3) is 0 Å². The second-order valence-electron chi connectivity index (χ2n) is 5.31. The standard InChI is InChI=1S/C16H19BrN2O3/c17-14-6-4-13(5-7-14)15(21)2-1-3-16(22)19-10-8-18(12-20)9-11-19/h4-7,12H,1-3,8-11H2. The molecule has 0 N–H and O–H groups in total. The molecule has 0 aliphatic carbocycles. The van der Waals surface area contributed by atoms with Gasteiger partial charge in [0.25, 0.3) is 0 Å². The molecule has 2 rings (SSSR count). The van der Waals surface area contributed by atoms with Gasteiger partial charge in [-0.2, -0.15) is 0 Å². The highest BCUT2D eigenvalue weighted by Gasteiger charge is 2.19. The van der Waals surface area contributed by atoms with Crippen LogP contribution in [0.2, 0.25) is 0 Å². The Balaban J connectivity index is 1.72. The molecule has 1 heterocycles. The van der Waals surface area contributed by atoms with Gasteiger partial charge in [-0.15, -0.1) is 0 Å². The summed E-state index contributed by atoms with van der Waals surface area (Å²) < 4.78 is 0.939. The van der Waals surface area contributed by atoms with E-state index in [-0.39, 0.29) is 11.7 Å². The van der Waals surface area contributed by atoms with Gasteiger partial charge in [0, 0.05) is 49.1 Å². The second-order valence-corrected chi connectivity index (χ2v) is 6.22. The zero-order valence-corrected chi connectivity index (χ0v) is 13.9. The topological polar surface area (TPSA) is 57.7 Å². The van der Waals surface area contributed by atoms with Crippen LogP contribution in [0.4, 0.5) is 0 Å². The molecule has 0 spiro atoms. The number of rotatable bonds is 6. The fourth-order valence-electron chi connectivity index (χ4n) is 2.42. The SMILES string of the molecule is O=CN1CCN(C(=O)CCCC(=O)c2ccc(Br)cc2)CC1. The Labute approximate surface area is 138 Å². The fraction of sp³-hybridized carbons (Fsp3) is 0.438. The number of ketones is 1. The molecule has 0 atom stereocenters. The zero-order chi connectivity index (χ0) is 15.9. The summed E-state index contributed by atoms with van der Waals surface area (Å²) in [6, 6.07) is 7.25. The van der Waals surface area contributed by atoms with Crippen molar-refractivity contribution < 1.29 is 14.4 Å². The average Bonchev–Trinajstić information content (AvgIpc) is 2.55. The molecule has 1 fully saturated rings. The van der Waals surface area contributed by atoms with Crippen molar-refractivity contribution in [3.63, 3.8) is 0 Å². The predicted octanol–water partition coefficient (Wildman–Crippen LogP) is 2.10. The average molecular weight is 367 g/mol. The molecule has 0 unspecified atom stereocenters. The van der Waals surface area contributed by atoms with E-state index < -0.39 is 0 Å². The minimum atomic E-state index is 0.0612. The smallest absolute Gasteiger partial charge is 0.222 e. The Morgan fingerprint density at radius 3 is 2.27 bits per heavy atom. The highest BCUT2D eigenvalue weighted by Crippen LogP contribution is 2.13. The number of hydrogen-bond donors (Lipinski definition) is 0. The number of hydrogen-bond acceptors (Lipinski definition) is 3. The van der Waals surface area contributed by atoms with E-state index in [9.17, 15) is 14.4 Å². The largest absolute Gasteiger partial charge is 0.342 e. The summed E-state index contributed by atoms with van der Waals surface area (Å²) in [6.07, 6.45) is 2.13. The molecule has 1 saturated heterocycles. The number of halogens is 1. The molecule has 0 bridgehead atoms. The molecule has 0 radical (unpaired) electrons. The van der Waals surface area contributed by atoms with Crippen molar-refractivity contribution in [2.45, 2.75) is 19.3 Å². The molecule has 2 amide bonds. The lowest BCUT2D eigenvalue weighted by Gasteiger charge is -2.32. The Morgan fingerprint density at radius 1 is 1.05 bits per heavy atom. The van der Waals surface area contributed by atoms with E-state index in [4.69, 9.17) is 0 Å². The molecule has 0 saturated carbocycles. The molecule has 118 valence electrons. The summed E-state index contributed by atoms with van der Waals surface area (Å²) >= 11 is 3.33. The van der Waals surface area contributed by atoms with Crippen molar-refractivity contribution in [3.05, 3.63) is 34.3 Å². The van der Waals surface area contributed by atoms with E-state index in [1.165, 1.54) is 0 Å². The van der Waals surface area contributed by atoms with E-state index in [1.54, 1.807) is 21.9 Å². The van der Waals surface area contributed by atoms with Gasteiger partial charge in [0.1, 0.15) is 0 Å². The maximum atomic E-state index is 12.1. The van der Waals surface area contributed by atoms with Crippen LogP contribution in [-0.4, -0.2) is 54.1 Å². The van der Waals surface area contributed by atoms with Gasteiger partial charge < -0.3 is 9.80 Å². The van der Waals surface area contributed by atoms with Gasteiger partial charge in [0.2, 0.25) is 12.3 Å². The normalized spacial score (nSPS) is 14.8. The molecule has 6 heteroatoms. The zero-order valence-electron chi connectivity index (χ0n) is 12.3. The summed E-state index contributed by atoms with van der Waals surface area (Å²) in [5, 5.41) is 0. The molecule has 1 aromatic rings. The van der Waals surface area contributed by atoms with Crippen molar-refractivity contribution in [1.82, 2.24) is 9.80 Å². The number of Topliss-reactive ketones (excluding diaryl/α,β-unsaturated/α-hetero) is 1. The molecule has 22 heavy (non-hydrogen) atoms. The van der Waals surface area contributed by atoms with Crippen LogP contribution >= 0.6 is 15.9 Å². The summed E-state index contributed by atoms with van der Waals surface area (Å²) in [7, 11) is 0. The lowest BCUT2D eigenvalue weighted by atomic mass is 10.1. The molecular formula is C16H19BrN2O3. The second kappa shape index (κ2) is 8.08. The number of carbonyl (C=O) groups excluding carboxylic acids is 3. The van der Waals surface area contributed by atoms with Crippen LogP contribution < -0.4 is 0 Å². The van der Waals surface area contributed by atoms with E-state index in [0.717, 1.165) is 10.9 Å². The third-order valence-corrected chi connectivity index (χ3v) is 4.31. The number of benzene rings is 1. The Morgan fingerprint density at radius 2 is 1.68 bits per heavy atom. The first kappa shape index (κ1) is 16.7. The predicted molar refractivity (Wildman–Crippen MR) is 86.5 cm³/mol. The Bertz CT molecular complexity index is 537. The highest BCUT2D eigenvalue weighted by atomic mass is 79.9. The van der Waals surface area contributed by atoms with Gasteiger partial charge in [0.15, 0.2) is 5.78 Å². The van der Waals surface area contributed by atoms with Crippen LogP contribution in [0.1, 0.15) is 29.6 Å². The van der Waals surface area contributed by atoms with E-state index in [2.05, 4.69) is 15.9 Å². The van der Waals surface area contributed by atoms with Crippen LogP contribution in [0.3, 0.4) is 0 Å². The van der Waals surface area contributed by atoms with Crippen molar-refractivity contribution in [1.29, 1.82) is 0 Å². The van der Waals surface area contributed by atoms with Gasteiger partial charge in [-0.3, -0.25) is 14.4 Å². The van der Waals surface area contributed by atoms with Crippen molar-refractivity contribution in [3.8, 4) is 0 Å². The summed E-state index contributed by atoms with van der Waals surface area (Å²) in [5.41, 5.74) is 0.676. The van der Waals surface area contributed by atoms with Crippen LogP contribution in [-0.2, 0) is 9.59 Å². The van der Waals surface area contributed by atoms with Gasteiger partial charge in [-0.05, 0) is 18.6 Å². The Kier molecular flexibility index (Phi) is 6.12. The summed E-state index contributed by atoms with van der Waals surface area (Å²) in [6.45, 7) is 2.34. The van der Waals surface area contributed by atoms with Crippen molar-refractivity contribution >= 4 is 34.0 Å². The summed E-state index contributed by atoms with van der Waals surface area (Å²) in [5.74, 6) is 0.125. The lowest BCUT2D eigenvalue weighted by molar-refractivity contribution is -0.135.